The molecule has 2 aromatic carbocycles. The van der Waals surface area contributed by atoms with Gasteiger partial charge in [0.2, 0.25) is 10.0 Å². The van der Waals surface area contributed by atoms with Crippen molar-refractivity contribution in [2.24, 2.45) is 0 Å². The lowest BCUT2D eigenvalue weighted by molar-refractivity contribution is 0.136. The van der Waals surface area contributed by atoms with Gasteiger partial charge in [0.25, 0.3) is 0 Å². The molecule has 2 aliphatic heterocycles. The molecular formula is C20H22N2O6S2. The molecule has 2 aliphatic rings. The lowest BCUT2D eigenvalue weighted by Crippen LogP contribution is -2.50. The molecule has 0 bridgehead atoms. The molecule has 2 aromatic rings. The fourth-order valence-electron chi connectivity index (χ4n) is 3.97. The van der Waals surface area contributed by atoms with Crippen LogP contribution in [0.1, 0.15) is 18.4 Å². The first-order chi connectivity index (χ1) is 14.2. The average molecular weight is 451 g/mol. The van der Waals surface area contributed by atoms with E-state index in [1.54, 1.807) is 4.90 Å². The second kappa shape index (κ2) is 7.68. The van der Waals surface area contributed by atoms with E-state index in [-0.39, 0.29) is 35.5 Å². The van der Waals surface area contributed by atoms with Gasteiger partial charge < -0.3 is 4.74 Å². The number of rotatable bonds is 4. The van der Waals surface area contributed by atoms with Crippen LogP contribution in [0.2, 0.25) is 0 Å². The quantitative estimate of drug-likeness (QED) is 0.709. The Morgan fingerprint density at radius 2 is 1.50 bits per heavy atom. The maximum atomic E-state index is 13.2. The maximum absolute atomic E-state index is 13.2. The minimum absolute atomic E-state index is 0.178. The molecule has 0 spiro atoms. The van der Waals surface area contributed by atoms with E-state index >= 15 is 0 Å². The van der Waals surface area contributed by atoms with E-state index in [1.165, 1.54) is 28.6 Å². The molecular weight excluding hydrogens is 428 g/mol. The van der Waals surface area contributed by atoms with Crippen molar-refractivity contribution in [1.29, 1.82) is 0 Å². The summed E-state index contributed by atoms with van der Waals surface area (Å²) in [7, 11) is -7.68. The predicted molar refractivity (Wildman–Crippen MR) is 110 cm³/mol. The van der Waals surface area contributed by atoms with Crippen molar-refractivity contribution in [3.63, 3.8) is 0 Å². The van der Waals surface area contributed by atoms with E-state index in [0.717, 1.165) is 17.5 Å². The van der Waals surface area contributed by atoms with Crippen LogP contribution in [0, 0.1) is 0 Å². The molecule has 1 fully saturated rings. The first kappa shape index (κ1) is 20.8. The van der Waals surface area contributed by atoms with Gasteiger partial charge in [0.1, 0.15) is 11.5 Å². The number of carbonyl (C=O) groups is 1. The van der Waals surface area contributed by atoms with Gasteiger partial charge >= 0.3 is 6.09 Å². The smallest absolute Gasteiger partial charge is 0.414 e. The molecule has 160 valence electrons. The van der Waals surface area contributed by atoms with Crippen molar-refractivity contribution in [3.05, 3.63) is 54.1 Å². The molecule has 1 amide bonds. The van der Waals surface area contributed by atoms with Crippen molar-refractivity contribution in [2.45, 2.75) is 35.3 Å². The lowest BCUT2D eigenvalue weighted by Gasteiger charge is -2.39. The van der Waals surface area contributed by atoms with E-state index in [4.69, 9.17) is 4.74 Å². The van der Waals surface area contributed by atoms with E-state index in [1.807, 2.05) is 24.3 Å². The van der Waals surface area contributed by atoms with Crippen LogP contribution in [0.15, 0.2) is 58.3 Å². The second-order valence-electron chi connectivity index (χ2n) is 7.41. The van der Waals surface area contributed by atoms with Gasteiger partial charge in [0.05, 0.1) is 10.6 Å². The van der Waals surface area contributed by atoms with Gasteiger partial charge in [0, 0.05) is 31.0 Å². The van der Waals surface area contributed by atoms with Gasteiger partial charge in [-0.05, 0) is 31.0 Å². The number of carbonyl (C=O) groups excluding carboxylic acids is 1. The maximum Gasteiger partial charge on any atom is 0.414 e. The van der Waals surface area contributed by atoms with Crippen LogP contribution in [0.25, 0.3) is 0 Å². The molecule has 0 radical (unpaired) electrons. The first-order valence-electron chi connectivity index (χ1n) is 9.53. The zero-order chi connectivity index (χ0) is 21.5. The van der Waals surface area contributed by atoms with Crippen molar-refractivity contribution in [1.82, 2.24) is 4.31 Å². The molecule has 0 unspecified atom stereocenters. The van der Waals surface area contributed by atoms with Crippen molar-refractivity contribution in [3.8, 4) is 0 Å². The van der Waals surface area contributed by atoms with Crippen LogP contribution in [0.5, 0.6) is 0 Å². The molecule has 10 heteroatoms. The Hall–Kier alpha value is -2.43. The third-order valence-electron chi connectivity index (χ3n) is 5.45. The highest BCUT2D eigenvalue weighted by atomic mass is 32.2. The standard InChI is InChI=1S/C20H22N2O6S2/c1-29(24,25)18-8-4-5-9-19(18)30(26,27)21-12-10-16(11-13-21)22-17-7-3-2-6-15(17)14-28-20(22)23/h2-9,16H,10-14H2,1H3. The SMILES string of the molecule is CS(=O)(=O)c1ccccc1S(=O)(=O)N1CCC(N2C(=O)OCc3ccccc32)CC1. The Balaban J connectivity index is 1.57. The summed E-state index contributed by atoms with van der Waals surface area (Å²) in [6.07, 6.45) is 1.40. The molecule has 0 saturated carbocycles. The zero-order valence-corrected chi connectivity index (χ0v) is 18.0. The third kappa shape index (κ3) is 3.70. The second-order valence-corrected chi connectivity index (χ2v) is 11.3. The van der Waals surface area contributed by atoms with E-state index < -0.39 is 26.0 Å². The fourth-order valence-corrected chi connectivity index (χ4v) is 7.04. The van der Waals surface area contributed by atoms with Gasteiger partial charge in [-0.3, -0.25) is 4.90 Å². The minimum Gasteiger partial charge on any atom is -0.444 e. The van der Waals surface area contributed by atoms with Gasteiger partial charge in [-0.25, -0.2) is 21.6 Å². The number of piperidine rings is 1. The van der Waals surface area contributed by atoms with E-state index in [9.17, 15) is 21.6 Å². The highest BCUT2D eigenvalue weighted by Crippen LogP contribution is 2.33. The summed E-state index contributed by atoms with van der Waals surface area (Å²) in [4.78, 5) is 13.6. The number of anilines is 1. The van der Waals surface area contributed by atoms with Gasteiger partial charge in [-0.2, -0.15) is 4.31 Å². The number of nitrogens with zero attached hydrogens (tertiary/aromatic N) is 2. The van der Waals surface area contributed by atoms with Gasteiger partial charge in [0.15, 0.2) is 9.84 Å². The van der Waals surface area contributed by atoms with E-state index in [0.29, 0.717) is 12.8 Å². The molecule has 30 heavy (non-hydrogen) atoms. The van der Waals surface area contributed by atoms with E-state index in [2.05, 4.69) is 0 Å². The molecule has 0 atom stereocenters. The zero-order valence-electron chi connectivity index (χ0n) is 16.4. The lowest BCUT2D eigenvalue weighted by atomic mass is 10.0. The summed E-state index contributed by atoms with van der Waals surface area (Å²) in [5, 5.41) is 0. The summed E-state index contributed by atoms with van der Waals surface area (Å²) in [6.45, 7) is 0.578. The Morgan fingerprint density at radius 3 is 2.17 bits per heavy atom. The summed E-state index contributed by atoms with van der Waals surface area (Å²) in [6, 6.07) is 12.9. The van der Waals surface area contributed by atoms with Crippen molar-refractivity contribution in [2.75, 3.05) is 24.2 Å². The Kier molecular flexibility index (Phi) is 5.33. The number of sulfonamides is 1. The van der Waals surface area contributed by atoms with Crippen LogP contribution in [0.4, 0.5) is 10.5 Å². The van der Waals surface area contributed by atoms with Gasteiger partial charge in [-0.15, -0.1) is 0 Å². The number of benzene rings is 2. The van der Waals surface area contributed by atoms with Crippen LogP contribution in [-0.4, -0.2) is 52.6 Å². The Bertz CT molecular complexity index is 1190. The molecule has 2 heterocycles. The number of amides is 1. The molecule has 0 N–H and O–H groups in total. The topological polar surface area (TPSA) is 101 Å². The van der Waals surface area contributed by atoms with Crippen LogP contribution in [0.3, 0.4) is 0 Å². The number of hydrogen-bond acceptors (Lipinski definition) is 6. The van der Waals surface area contributed by atoms with Gasteiger partial charge in [-0.1, -0.05) is 30.3 Å². The van der Waals surface area contributed by atoms with Crippen molar-refractivity contribution >= 4 is 31.6 Å². The van der Waals surface area contributed by atoms with Crippen LogP contribution < -0.4 is 4.90 Å². The third-order valence-corrected chi connectivity index (χ3v) is 8.69. The summed E-state index contributed by atoms with van der Waals surface area (Å²) in [5.41, 5.74) is 1.70. The fraction of sp³-hybridized carbons (Fsp3) is 0.350. The highest BCUT2D eigenvalue weighted by molar-refractivity contribution is 7.93. The molecule has 0 aromatic heterocycles. The molecule has 4 rings (SSSR count). The monoisotopic (exact) mass is 450 g/mol. The number of para-hydroxylation sites is 1. The summed E-state index contributed by atoms with van der Waals surface area (Å²) < 4.78 is 57.0. The Labute approximate surface area is 176 Å². The minimum atomic E-state index is -3.98. The highest BCUT2D eigenvalue weighted by Gasteiger charge is 2.38. The number of ether oxygens (including phenoxy) is 1. The number of cyclic esters (lactones) is 1. The number of fused-ring (bicyclic) bond motifs is 1. The average Bonchev–Trinajstić information content (AvgIpc) is 2.73. The Morgan fingerprint density at radius 1 is 0.900 bits per heavy atom. The number of hydrogen-bond donors (Lipinski definition) is 0. The summed E-state index contributed by atoms with van der Waals surface area (Å²) >= 11 is 0. The van der Waals surface area contributed by atoms with Crippen LogP contribution >= 0.6 is 0 Å². The normalized spacial score (nSPS) is 18.7. The molecule has 8 nitrogen and oxygen atoms in total. The first-order valence-corrected chi connectivity index (χ1v) is 12.9. The number of sulfone groups is 1. The predicted octanol–water partition coefficient (Wildman–Crippen LogP) is 2.40. The summed E-state index contributed by atoms with van der Waals surface area (Å²) in [5.74, 6) is 0. The van der Waals surface area contributed by atoms with Crippen LogP contribution in [-0.2, 0) is 31.2 Å². The molecule has 0 aliphatic carbocycles. The molecule has 1 saturated heterocycles. The largest absolute Gasteiger partial charge is 0.444 e. The van der Waals surface area contributed by atoms with Crippen molar-refractivity contribution < 1.29 is 26.4 Å².